The van der Waals surface area contributed by atoms with Gasteiger partial charge in [0, 0.05) is 41.5 Å². The number of allylic oxidation sites excluding steroid dienone is 1. The first-order valence-electron chi connectivity index (χ1n) is 13.6. The van der Waals surface area contributed by atoms with Crippen LogP contribution in [0.5, 0.6) is 0 Å². The van der Waals surface area contributed by atoms with E-state index in [1.54, 1.807) is 14.2 Å². The number of ether oxygens (including phenoxy) is 1. The van der Waals surface area contributed by atoms with Crippen molar-refractivity contribution in [2.75, 3.05) is 20.7 Å². The Balaban J connectivity index is 1.65. The van der Waals surface area contributed by atoms with Crippen LogP contribution >= 0.6 is 23.2 Å². The molecule has 5 rings (SSSR count). The van der Waals surface area contributed by atoms with Gasteiger partial charge in [0.25, 0.3) is 0 Å². The second kappa shape index (κ2) is 10.7. The zero-order chi connectivity index (χ0) is 28.1. The maximum atomic E-state index is 14.7. The van der Waals surface area contributed by atoms with Crippen LogP contribution in [0.2, 0.25) is 10.0 Å². The van der Waals surface area contributed by atoms with E-state index < -0.39 is 15.4 Å². The maximum Gasteiger partial charge on any atom is 0.234 e. The molecule has 1 heterocycles. The molecule has 39 heavy (non-hydrogen) atoms. The van der Waals surface area contributed by atoms with Gasteiger partial charge in [-0.05, 0) is 67.2 Å². The summed E-state index contributed by atoms with van der Waals surface area (Å²) in [6.45, 7) is 4.29. The number of nitrogens with zero attached hydrogens (tertiary/aromatic N) is 2. The molecule has 1 unspecified atom stereocenters. The minimum atomic E-state index is -3.40. The van der Waals surface area contributed by atoms with Crippen molar-refractivity contribution >= 4 is 39.1 Å². The van der Waals surface area contributed by atoms with Crippen LogP contribution in [0.25, 0.3) is 0 Å². The van der Waals surface area contributed by atoms with Crippen molar-refractivity contribution in [3.05, 3.63) is 81.5 Å². The molecule has 1 aliphatic heterocycles. The Bertz CT molecular complexity index is 1380. The van der Waals surface area contributed by atoms with Gasteiger partial charge in [-0.25, -0.2) is 12.7 Å². The Morgan fingerprint density at radius 3 is 2.36 bits per heavy atom. The van der Waals surface area contributed by atoms with Gasteiger partial charge < -0.3 is 9.64 Å². The van der Waals surface area contributed by atoms with Crippen molar-refractivity contribution in [1.82, 2.24) is 9.21 Å². The highest BCUT2D eigenvalue weighted by atomic mass is 35.5. The van der Waals surface area contributed by atoms with Gasteiger partial charge >= 0.3 is 0 Å². The van der Waals surface area contributed by atoms with Crippen LogP contribution in [0, 0.1) is 11.3 Å². The number of likely N-dealkylation sites (tertiary alicyclic amines) is 1. The molecule has 2 aromatic carbocycles. The van der Waals surface area contributed by atoms with E-state index in [9.17, 15) is 13.2 Å². The lowest BCUT2D eigenvalue weighted by molar-refractivity contribution is -0.159. The number of sulfonamides is 1. The van der Waals surface area contributed by atoms with E-state index in [1.807, 2.05) is 67.3 Å². The van der Waals surface area contributed by atoms with Gasteiger partial charge in [-0.1, -0.05) is 61.3 Å². The van der Waals surface area contributed by atoms with E-state index in [1.165, 1.54) is 4.31 Å². The van der Waals surface area contributed by atoms with Crippen LogP contribution in [0.3, 0.4) is 0 Å². The first-order chi connectivity index (χ1) is 18.5. The van der Waals surface area contributed by atoms with Crippen molar-refractivity contribution in [2.45, 2.75) is 62.8 Å². The number of halogens is 2. The Labute approximate surface area is 242 Å². The van der Waals surface area contributed by atoms with Gasteiger partial charge in [0.1, 0.15) is 0 Å². The summed E-state index contributed by atoms with van der Waals surface area (Å²) in [7, 11) is -0.125. The van der Waals surface area contributed by atoms with Crippen molar-refractivity contribution in [3.63, 3.8) is 0 Å². The third kappa shape index (κ3) is 5.01. The molecule has 2 aromatic rings. The largest absolute Gasteiger partial charge is 0.501 e. The zero-order valence-electron chi connectivity index (χ0n) is 22.8. The second-order valence-electron chi connectivity index (χ2n) is 11.2. The van der Waals surface area contributed by atoms with Gasteiger partial charge in [-0.3, -0.25) is 4.79 Å². The smallest absolute Gasteiger partial charge is 0.234 e. The number of hydrogen-bond donors (Lipinski definition) is 0. The third-order valence-electron chi connectivity index (χ3n) is 8.91. The molecule has 0 radical (unpaired) electrons. The first kappa shape index (κ1) is 28.5. The lowest BCUT2D eigenvalue weighted by atomic mass is 9.56. The van der Waals surface area contributed by atoms with Crippen molar-refractivity contribution in [3.8, 4) is 0 Å². The number of amides is 1. The summed E-state index contributed by atoms with van der Waals surface area (Å²) in [5.41, 5.74) is 1.25. The number of likely N-dealkylation sites (N-methyl/N-ethyl adjacent to an activating group) is 1. The Hall–Kier alpha value is -2.06. The Morgan fingerprint density at radius 1 is 1.10 bits per heavy atom. The summed E-state index contributed by atoms with van der Waals surface area (Å²) < 4.78 is 33.3. The molecule has 0 aromatic heterocycles. The molecule has 6 nitrogen and oxygen atoms in total. The monoisotopic (exact) mass is 590 g/mol. The average molecular weight is 592 g/mol. The fourth-order valence-electron chi connectivity index (χ4n) is 6.42. The fraction of sp³-hybridized carbons (Fsp3) is 0.500. The van der Waals surface area contributed by atoms with E-state index in [-0.39, 0.29) is 41.6 Å². The normalized spacial score (nSPS) is 27.9. The molecule has 210 valence electrons. The van der Waals surface area contributed by atoms with Crippen molar-refractivity contribution in [2.24, 2.45) is 11.3 Å². The SMILES string of the molecule is CC[C@@H](CN(C)S(=O)(=O)C1CC1)N1C(=O)[C@]2(C=C(OC)C2C)C[C@H](c2cccc(Cl)c2)[C@H]1c1ccc(Cl)cc1. The summed E-state index contributed by atoms with van der Waals surface area (Å²) in [5, 5.41) is 0.941. The quantitative estimate of drug-likeness (QED) is 0.338. The lowest BCUT2D eigenvalue weighted by Gasteiger charge is -2.57. The van der Waals surface area contributed by atoms with Gasteiger partial charge in [-0.2, -0.15) is 0 Å². The molecule has 2 aliphatic carbocycles. The van der Waals surface area contributed by atoms with Gasteiger partial charge in [-0.15, -0.1) is 0 Å². The molecule has 5 atom stereocenters. The maximum absolute atomic E-state index is 14.7. The number of carbonyl (C=O) groups is 1. The topological polar surface area (TPSA) is 66.9 Å². The number of hydrogen-bond acceptors (Lipinski definition) is 4. The molecule has 3 aliphatic rings. The van der Waals surface area contributed by atoms with Crippen LogP contribution < -0.4 is 0 Å². The van der Waals surface area contributed by atoms with Crippen molar-refractivity contribution in [1.29, 1.82) is 0 Å². The highest BCUT2D eigenvalue weighted by molar-refractivity contribution is 7.90. The van der Waals surface area contributed by atoms with E-state index in [0.717, 1.165) is 16.9 Å². The van der Waals surface area contributed by atoms with Gasteiger partial charge in [0.15, 0.2) is 0 Å². The van der Waals surface area contributed by atoms with Crippen LogP contribution in [0.1, 0.15) is 62.6 Å². The summed E-state index contributed by atoms with van der Waals surface area (Å²) in [6.07, 6.45) is 4.56. The van der Waals surface area contributed by atoms with Gasteiger partial charge in [0.05, 0.1) is 29.6 Å². The molecule has 0 bridgehead atoms. The number of rotatable bonds is 9. The van der Waals surface area contributed by atoms with Crippen molar-refractivity contribution < 1.29 is 17.9 Å². The highest BCUT2D eigenvalue weighted by Crippen LogP contribution is 2.59. The predicted molar refractivity (Wildman–Crippen MR) is 155 cm³/mol. The minimum absolute atomic E-state index is 0.0121. The zero-order valence-corrected chi connectivity index (χ0v) is 25.1. The third-order valence-corrected chi connectivity index (χ3v) is 11.7. The van der Waals surface area contributed by atoms with E-state index in [0.29, 0.717) is 35.7 Å². The molecule has 2 fully saturated rings. The summed E-state index contributed by atoms with van der Waals surface area (Å²) in [5.74, 6) is 0.632. The number of benzene rings is 2. The lowest BCUT2D eigenvalue weighted by Crippen LogP contribution is -2.62. The molecule has 1 saturated heterocycles. The predicted octanol–water partition coefficient (Wildman–Crippen LogP) is 6.42. The first-order valence-corrected chi connectivity index (χ1v) is 15.8. The molecular formula is C30H36Cl2N2O4S. The molecule has 1 amide bonds. The van der Waals surface area contributed by atoms with Crippen LogP contribution in [-0.4, -0.2) is 55.5 Å². The fourth-order valence-corrected chi connectivity index (χ4v) is 8.37. The van der Waals surface area contributed by atoms with E-state index in [4.69, 9.17) is 27.9 Å². The summed E-state index contributed by atoms with van der Waals surface area (Å²) in [4.78, 5) is 16.6. The Kier molecular flexibility index (Phi) is 7.83. The molecule has 0 N–H and O–H groups in total. The van der Waals surface area contributed by atoms with Crippen LogP contribution in [-0.2, 0) is 19.6 Å². The number of methoxy groups -OCH3 is 1. The molecular weight excluding hydrogens is 555 g/mol. The summed E-state index contributed by atoms with van der Waals surface area (Å²) in [6, 6.07) is 14.8. The van der Waals surface area contributed by atoms with Gasteiger partial charge in [0.2, 0.25) is 15.9 Å². The highest BCUT2D eigenvalue weighted by Gasteiger charge is 2.60. The summed E-state index contributed by atoms with van der Waals surface area (Å²) >= 11 is 12.7. The average Bonchev–Trinajstić information content (AvgIpc) is 3.77. The number of carbonyl (C=O) groups excluding carboxylic acids is 1. The molecule has 1 spiro atoms. The Morgan fingerprint density at radius 2 is 1.79 bits per heavy atom. The molecule has 1 saturated carbocycles. The molecule has 9 heteroatoms. The van der Waals surface area contributed by atoms with E-state index in [2.05, 4.69) is 6.07 Å². The number of piperidine rings is 1. The standard InChI is InChI=1S/C30H36Cl2N2O4S/c1-5-24(18-33(3)39(36,37)25-13-14-25)34-28(20-9-11-22(31)12-10-20)26(21-7-6-8-23(32)15-21)16-30(29(34)35)17-27(38-4)19(30)2/h6-12,15,17,19,24-26,28H,5,13-14,16,18H2,1-4H3/t19?,24-,26+,28+,30-/m0/s1. The van der Waals surface area contributed by atoms with Crippen LogP contribution in [0.15, 0.2) is 60.4 Å². The van der Waals surface area contributed by atoms with E-state index >= 15 is 0 Å². The van der Waals surface area contributed by atoms with Crippen LogP contribution in [0.4, 0.5) is 0 Å². The second-order valence-corrected chi connectivity index (χ2v) is 14.4. The minimum Gasteiger partial charge on any atom is -0.501 e.